The molecule has 2 amide bonds. The van der Waals surface area contributed by atoms with E-state index in [9.17, 15) is 9.59 Å². The Bertz CT molecular complexity index is 818. The van der Waals surface area contributed by atoms with Gasteiger partial charge in [0.05, 0.1) is 25.7 Å². The molecule has 154 valence electrons. The Hall–Kier alpha value is -2.41. The summed E-state index contributed by atoms with van der Waals surface area (Å²) in [5.41, 5.74) is 2.74. The first-order chi connectivity index (χ1) is 14.0. The smallest absolute Gasteiger partial charge is 0.224 e. The Labute approximate surface area is 176 Å². The van der Waals surface area contributed by atoms with Crippen LogP contribution in [-0.4, -0.2) is 49.6 Å². The summed E-state index contributed by atoms with van der Waals surface area (Å²) in [5.74, 6) is -0.156. The second-order valence-electron chi connectivity index (χ2n) is 7.07. The van der Waals surface area contributed by atoms with E-state index in [1.165, 1.54) is 6.92 Å². The van der Waals surface area contributed by atoms with E-state index in [1.807, 2.05) is 36.4 Å². The molecule has 1 aliphatic heterocycles. The van der Waals surface area contributed by atoms with Gasteiger partial charge in [-0.1, -0.05) is 35.9 Å². The highest BCUT2D eigenvalue weighted by Gasteiger charge is 2.23. The summed E-state index contributed by atoms with van der Waals surface area (Å²) in [7, 11) is 0. The molecule has 0 aliphatic carbocycles. The molecule has 2 aromatic rings. The van der Waals surface area contributed by atoms with Crippen LogP contribution >= 0.6 is 11.6 Å². The molecule has 0 radical (unpaired) electrons. The van der Waals surface area contributed by atoms with Crippen molar-refractivity contribution >= 4 is 29.1 Å². The lowest BCUT2D eigenvalue weighted by molar-refractivity contribution is -0.120. The van der Waals surface area contributed by atoms with Crippen LogP contribution in [0.4, 0.5) is 5.69 Å². The van der Waals surface area contributed by atoms with Crippen molar-refractivity contribution < 1.29 is 14.3 Å². The molecule has 1 heterocycles. The minimum absolute atomic E-state index is 0.0375. The van der Waals surface area contributed by atoms with Gasteiger partial charge in [-0.15, -0.1) is 0 Å². The van der Waals surface area contributed by atoms with E-state index in [0.717, 1.165) is 29.9 Å². The normalized spacial score (nSPS) is 15.5. The average Bonchev–Trinajstić information content (AvgIpc) is 2.71. The lowest BCUT2D eigenvalue weighted by Gasteiger charge is -2.35. The van der Waals surface area contributed by atoms with Crippen molar-refractivity contribution in [1.29, 1.82) is 0 Å². The highest BCUT2D eigenvalue weighted by molar-refractivity contribution is 6.30. The van der Waals surface area contributed by atoms with Gasteiger partial charge in [-0.25, -0.2) is 0 Å². The number of carbonyl (C=O) groups is 2. The molecule has 1 fully saturated rings. The fraction of sp³-hybridized carbons (Fsp3) is 0.364. The van der Waals surface area contributed by atoms with Crippen LogP contribution in [0.2, 0.25) is 5.02 Å². The van der Waals surface area contributed by atoms with Crippen LogP contribution in [-0.2, 0) is 20.7 Å². The standard InChI is InChI=1S/C22H26ClN3O3/c1-16(27)25-20-8-2-17(3-9-20)14-22(28)24-15-21(26-10-12-29-13-11-26)18-4-6-19(23)7-5-18/h2-9,21H,10-15H2,1H3,(H,24,28)(H,25,27). The molecule has 2 aromatic carbocycles. The maximum absolute atomic E-state index is 12.5. The van der Waals surface area contributed by atoms with Crippen molar-refractivity contribution in [3.63, 3.8) is 0 Å². The number of amides is 2. The summed E-state index contributed by atoms with van der Waals surface area (Å²) in [4.78, 5) is 25.9. The molecule has 1 saturated heterocycles. The third-order valence-electron chi connectivity index (χ3n) is 4.87. The average molecular weight is 416 g/mol. The molecular weight excluding hydrogens is 390 g/mol. The number of hydrogen-bond acceptors (Lipinski definition) is 4. The molecule has 0 spiro atoms. The summed E-state index contributed by atoms with van der Waals surface area (Å²) >= 11 is 6.03. The highest BCUT2D eigenvalue weighted by atomic mass is 35.5. The van der Waals surface area contributed by atoms with E-state index in [-0.39, 0.29) is 24.3 Å². The molecular formula is C22H26ClN3O3. The Balaban J connectivity index is 1.60. The predicted molar refractivity (Wildman–Crippen MR) is 114 cm³/mol. The van der Waals surface area contributed by atoms with Crippen molar-refractivity contribution in [1.82, 2.24) is 10.2 Å². The Kier molecular flexibility index (Phi) is 7.63. The quantitative estimate of drug-likeness (QED) is 0.729. The largest absolute Gasteiger partial charge is 0.379 e. The summed E-state index contributed by atoms with van der Waals surface area (Å²) in [6.07, 6.45) is 0.288. The van der Waals surface area contributed by atoms with E-state index in [2.05, 4.69) is 15.5 Å². The second-order valence-corrected chi connectivity index (χ2v) is 7.51. The molecule has 3 rings (SSSR count). The number of nitrogens with zero attached hydrogens (tertiary/aromatic N) is 1. The molecule has 7 heteroatoms. The van der Waals surface area contributed by atoms with Gasteiger partial charge in [-0.05, 0) is 35.4 Å². The molecule has 6 nitrogen and oxygen atoms in total. The van der Waals surface area contributed by atoms with Crippen molar-refractivity contribution in [3.8, 4) is 0 Å². The van der Waals surface area contributed by atoms with E-state index in [4.69, 9.17) is 16.3 Å². The molecule has 2 N–H and O–H groups in total. The van der Waals surface area contributed by atoms with Crippen LogP contribution < -0.4 is 10.6 Å². The number of benzene rings is 2. The van der Waals surface area contributed by atoms with Crippen LogP contribution in [0.1, 0.15) is 24.1 Å². The Morgan fingerprint density at radius 3 is 2.34 bits per heavy atom. The van der Waals surface area contributed by atoms with Crippen LogP contribution in [0.3, 0.4) is 0 Å². The number of hydrogen-bond donors (Lipinski definition) is 2. The van der Waals surface area contributed by atoms with E-state index < -0.39 is 0 Å². The van der Waals surface area contributed by atoms with Gasteiger partial charge in [0.1, 0.15) is 0 Å². The first kappa shape index (κ1) is 21.3. The zero-order valence-corrected chi connectivity index (χ0v) is 17.2. The van der Waals surface area contributed by atoms with E-state index in [0.29, 0.717) is 24.8 Å². The van der Waals surface area contributed by atoms with Gasteiger partial charge in [-0.3, -0.25) is 14.5 Å². The lowest BCUT2D eigenvalue weighted by atomic mass is 10.0. The fourth-order valence-electron chi connectivity index (χ4n) is 3.40. The van der Waals surface area contributed by atoms with Gasteiger partial charge in [0.15, 0.2) is 0 Å². The Morgan fingerprint density at radius 2 is 1.72 bits per heavy atom. The van der Waals surface area contributed by atoms with Crippen LogP contribution in [0.25, 0.3) is 0 Å². The lowest BCUT2D eigenvalue weighted by Crippen LogP contribution is -2.44. The summed E-state index contributed by atoms with van der Waals surface area (Å²) in [5, 5.41) is 6.48. The zero-order chi connectivity index (χ0) is 20.6. The van der Waals surface area contributed by atoms with Crippen molar-refractivity contribution in [2.75, 3.05) is 38.2 Å². The van der Waals surface area contributed by atoms with Crippen LogP contribution in [0.15, 0.2) is 48.5 Å². The summed E-state index contributed by atoms with van der Waals surface area (Å²) in [6.45, 7) is 5.02. The van der Waals surface area contributed by atoms with Gasteiger partial charge in [0.2, 0.25) is 11.8 Å². The SMILES string of the molecule is CC(=O)Nc1ccc(CC(=O)NCC(c2ccc(Cl)cc2)N2CCOCC2)cc1. The number of nitrogens with one attached hydrogen (secondary N) is 2. The number of rotatable bonds is 7. The summed E-state index contributed by atoms with van der Waals surface area (Å²) in [6, 6.07) is 15.1. The number of anilines is 1. The van der Waals surface area contributed by atoms with Gasteiger partial charge >= 0.3 is 0 Å². The van der Waals surface area contributed by atoms with Gasteiger partial charge in [0.25, 0.3) is 0 Å². The second kappa shape index (κ2) is 10.4. The predicted octanol–water partition coefficient (Wildman–Crippen LogP) is 3.03. The third-order valence-corrected chi connectivity index (χ3v) is 5.12. The van der Waals surface area contributed by atoms with Crippen LogP contribution in [0, 0.1) is 0 Å². The third kappa shape index (κ3) is 6.56. The minimum atomic E-state index is -0.119. The van der Waals surface area contributed by atoms with E-state index in [1.54, 1.807) is 12.1 Å². The van der Waals surface area contributed by atoms with Gasteiger partial charge < -0.3 is 15.4 Å². The van der Waals surface area contributed by atoms with Crippen molar-refractivity contribution in [2.24, 2.45) is 0 Å². The Morgan fingerprint density at radius 1 is 1.07 bits per heavy atom. The number of morpholine rings is 1. The zero-order valence-electron chi connectivity index (χ0n) is 16.5. The van der Waals surface area contributed by atoms with Crippen LogP contribution in [0.5, 0.6) is 0 Å². The maximum atomic E-state index is 12.5. The molecule has 0 saturated carbocycles. The van der Waals surface area contributed by atoms with Crippen molar-refractivity contribution in [2.45, 2.75) is 19.4 Å². The number of carbonyl (C=O) groups excluding carboxylic acids is 2. The van der Waals surface area contributed by atoms with Crippen molar-refractivity contribution in [3.05, 3.63) is 64.7 Å². The molecule has 1 atom stereocenters. The molecule has 29 heavy (non-hydrogen) atoms. The minimum Gasteiger partial charge on any atom is -0.379 e. The van der Waals surface area contributed by atoms with Gasteiger partial charge in [-0.2, -0.15) is 0 Å². The molecule has 0 aromatic heterocycles. The van der Waals surface area contributed by atoms with Gasteiger partial charge in [0, 0.05) is 37.3 Å². The first-order valence-electron chi connectivity index (χ1n) is 9.72. The monoisotopic (exact) mass is 415 g/mol. The molecule has 1 unspecified atom stereocenters. The summed E-state index contributed by atoms with van der Waals surface area (Å²) < 4.78 is 5.47. The highest BCUT2D eigenvalue weighted by Crippen LogP contribution is 2.23. The number of ether oxygens (including phenoxy) is 1. The molecule has 1 aliphatic rings. The topological polar surface area (TPSA) is 70.7 Å². The van der Waals surface area contributed by atoms with E-state index >= 15 is 0 Å². The maximum Gasteiger partial charge on any atom is 0.224 e. The first-order valence-corrected chi connectivity index (χ1v) is 10.1. The number of halogens is 1. The molecule has 0 bridgehead atoms. The fourth-order valence-corrected chi connectivity index (χ4v) is 3.53.